The fourth-order valence-corrected chi connectivity index (χ4v) is 3.73. The van der Waals surface area contributed by atoms with Crippen LogP contribution in [0.3, 0.4) is 0 Å². The number of benzene rings is 1. The third-order valence-electron chi connectivity index (χ3n) is 5.90. The van der Waals surface area contributed by atoms with Gasteiger partial charge < -0.3 is 30.6 Å². The molecule has 0 spiro atoms. The highest BCUT2D eigenvalue weighted by atomic mass is 16.5. The van der Waals surface area contributed by atoms with E-state index in [2.05, 4.69) is 26.4 Å². The Morgan fingerprint density at radius 3 is 2.42 bits per heavy atom. The molecule has 0 bridgehead atoms. The smallest absolute Gasteiger partial charge is 0.274 e. The van der Waals surface area contributed by atoms with E-state index < -0.39 is 23.9 Å². The van der Waals surface area contributed by atoms with E-state index in [1.807, 2.05) is 51.1 Å². The van der Waals surface area contributed by atoms with Crippen LogP contribution in [0.25, 0.3) is 0 Å². The monoisotopic (exact) mass is 550 g/mol. The zero-order chi connectivity index (χ0) is 29.5. The lowest BCUT2D eigenvalue weighted by Crippen LogP contribution is -2.50. The van der Waals surface area contributed by atoms with Crippen molar-refractivity contribution in [3.63, 3.8) is 0 Å². The van der Waals surface area contributed by atoms with Crippen molar-refractivity contribution in [2.24, 2.45) is 5.92 Å². The third-order valence-corrected chi connectivity index (χ3v) is 5.90. The zero-order valence-electron chi connectivity index (χ0n) is 23.5. The number of nitrogens with zero attached hydrogens (tertiary/aromatic N) is 2. The molecule has 0 unspecified atom stereocenters. The summed E-state index contributed by atoms with van der Waals surface area (Å²) in [5, 5.41) is 24.1. The van der Waals surface area contributed by atoms with Crippen molar-refractivity contribution in [2.45, 2.75) is 65.6 Å². The van der Waals surface area contributed by atoms with Gasteiger partial charge in [0.15, 0.2) is 5.69 Å². The van der Waals surface area contributed by atoms with E-state index in [1.165, 1.54) is 6.07 Å². The molecule has 1 aromatic carbocycles. The second kappa shape index (κ2) is 16.6. The highest BCUT2D eigenvalue weighted by Crippen LogP contribution is 2.07. The molecule has 0 fully saturated rings. The molecule has 4 N–H and O–H groups in total. The van der Waals surface area contributed by atoms with E-state index >= 15 is 0 Å². The molecule has 214 valence electrons. The van der Waals surface area contributed by atoms with E-state index in [0.717, 1.165) is 11.1 Å². The Hall–Kier alpha value is -4.30. The van der Waals surface area contributed by atoms with Crippen molar-refractivity contribution in [2.75, 3.05) is 13.1 Å². The predicted octanol–water partition coefficient (Wildman–Crippen LogP) is 2.26. The minimum atomic E-state index is -0.895. The number of unbranched alkanes of at least 4 members (excludes halogenated alkanes) is 1. The number of rotatable bonds is 16. The molecular formula is C29H38N6O5. The summed E-state index contributed by atoms with van der Waals surface area (Å²) in [5.74, 6) is -0.694. The summed E-state index contributed by atoms with van der Waals surface area (Å²) in [5.41, 5.74) is 2.20. The van der Waals surface area contributed by atoms with Crippen LogP contribution < -0.4 is 21.3 Å². The molecule has 0 saturated carbocycles. The van der Waals surface area contributed by atoms with Crippen molar-refractivity contribution in [1.82, 2.24) is 26.4 Å². The van der Waals surface area contributed by atoms with Crippen LogP contribution in [0.15, 0.2) is 46.5 Å². The average Bonchev–Trinajstić information content (AvgIpc) is 3.37. The molecule has 0 aliphatic heterocycles. The van der Waals surface area contributed by atoms with Crippen LogP contribution >= 0.6 is 0 Å². The lowest BCUT2D eigenvalue weighted by molar-refractivity contribution is -0.123. The first-order chi connectivity index (χ1) is 19.1. The summed E-state index contributed by atoms with van der Waals surface area (Å²) < 4.78 is 4.90. The molecule has 11 nitrogen and oxygen atoms in total. The minimum absolute atomic E-state index is 0.0248. The Balaban J connectivity index is 1.94. The van der Waals surface area contributed by atoms with E-state index in [9.17, 15) is 24.4 Å². The Labute approximate surface area is 234 Å². The second-order valence-electron chi connectivity index (χ2n) is 9.89. The number of hydrogen-bond acceptors (Lipinski definition) is 8. The molecule has 3 amide bonds. The topological polar surface area (TPSA) is 166 Å². The average molecular weight is 551 g/mol. The van der Waals surface area contributed by atoms with Crippen molar-refractivity contribution in [1.29, 1.82) is 5.26 Å². The number of amides is 3. The predicted molar refractivity (Wildman–Crippen MR) is 149 cm³/mol. The summed E-state index contributed by atoms with van der Waals surface area (Å²) in [6.07, 6.45) is 3.78. The normalized spacial score (nSPS) is 12.8. The SMILES string of the molecule is Cc1ccc(CNC(=O)[C@H](CCCCNC(=O)C(C#N)=CC(C)C)NC[C@@H](C=O)NC(=O)c2cc(C)on2)cc1. The molecule has 40 heavy (non-hydrogen) atoms. The summed E-state index contributed by atoms with van der Waals surface area (Å²) in [4.78, 5) is 49.2. The Morgan fingerprint density at radius 2 is 1.82 bits per heavy atom. The molecule has 11 heteroatoms. The molecule has 2 aromatic rings. The van der Waals surface area contributed by atoms with Gasteiger partial charge in [-0.05, 0) is 44.6 Å². The summed E-state index contributed by atoms with van der Waals surface area (Å²) in [6, 6.07) is 9.64. The van der Waals surface area contributed by atoms with Crippen LogP contribution in [0.4, 0.5) is 0 Å². The lowest BCUT2D eigenvalue weighted by Gasteiger charge is -2.21. The second-order valence-corrected chi connectivity index (χ2v) is 9.89. The van der Waals surface area contributed by atoms with Gasteiger partial charge in [-0.15, -0.1) is 0 Å². The molecular weight excluding hydrogens is 512 g/mol. The fraction of sp³-hybridized carbons (Fsp3) is 0.448. The number of aryl methyl sites for hydroxylation is 2. The van der Waals surface area contributed by atoms with Gasteiger partial charge in [0.05, 0.1) is 12.1 Å². The molecule has 2 rings (SSSR count). The molecule has 0 aliphatic carbocycles. The van der Waals surface area contributed by atoms with Crippen LogP contribution in [-0.4, -0.2) is 54.3 Å². The summed E-state index contributed by atoms with van der Waals surface area (Å²) in [7, 11) is 0. The van der Waals surface area contributed by atoms with Gasteiger partial charge in [0.2, 0.25) is 5.91 Å². The lowest BCUT2D eigenvalue weighted by atomic mass is 10.1. The third kappa shape index (κ3) is 11.2. The van der Waals surface area contributed by atoms with Crippen molar-refractivity contribution < 1.29 is 23.7 Å². The maximum absolute atomic E-state index is 13.0. The van der Waals surface area contributed by atoms with Crippen LogP contribution in [0.2, 0.25) is 0 Å². The number of aldehydes is 1. The van der Waals surface area contributed by atoms with Gasteiger partial charge in [0.1, 0.15) is 23.7 Å². The number of carbonyl (C=O) groups excluding carboxylic acids is 4. The van der Waals surface area contributed by atoms with Crippen molar-refractivity contribution in [3.8, 4) is 6.07 Å². The van der Waals surface area contributed by atoms with Gasteiger partial charge in [-0.3, -0.25) is 14.4 Å². The van der Waals surface area contributed by atoms with Crippen molar-refractivity contribution >= 4 is 24.0 Å². The number of allylic oxidation sites excluding steroid dienone is 1. The van der Waals surface area contributed by atoms with Gasteiger partial charge in [0.25, 0.3) is 11.8 Å². The van der Waals surface area contributed by atoms with E-state index in [-0.39, 0.29) is 29.6 Å². The number of aromatic nitrogens is 1. The van der Waals surface area contributed by atoms with Crippen LogP contribution in [0.1, 0.15) is 60.5 Å². The molecule has 0 radical (unpaired) electrons. The fourth-order valence-electron chi connectivity index (χ4n) is 3.73. The van der Waals surface area contributed by atoms with E-state index in [4.69, 9.17) is 4.52 Å². The summed E-state index contributed by atoms with van der Waals surface area (Å²) in [6.45, 7) is 8.12. The molecule has 1 aromatic heterocycles. The molecule has 1 heterocycles. The van der Waals surface area contributed by atoms with Gasteiger partial charge in [-0.25, -0.2) is 0 Å². The van der Waals surface area contributed by atoms with Gasteiger partial charge in [-0.1, -0.05) is 54.9 Å². The van der Waals surface area contributed by atoms with Crippen LogP contribution in [-0.2, 0) is 20.9 Å². The quantitative estimate of drug-likeness (QED) is 0.107. The number of hydrogen-bond donors (Lipinski definition) is 4. The maximum atomic E-state index is 13.0. The Bertz CT molecular complexity index is 1210. The van der Waals surface area contributed by atoms with Crippen LogP contribution in [0, 0.1) is 31.1 Å². The van der Waals surface area contributed by atoms with E-state index in [1.54, 1.807) is 13.0 Å². The first kappa shape index (κ1) is 31.9. The largest absolute Gasteiger partial charge is 0.361 e. The number of nitrogens with one attached hydrogen (secondary N) is 4. The molecule has 0 aliphatic rings. The maximum Gasteiger partial charge on any atom is 0.274 e. The minimum Gasteiger partial charge on any atom is -0.361 e. The standard InChI is InChI=1S/C29H38N6O5/c1-19(2)13-23(15-30)27(37)31-12-6-5-7-25(28(38)33-16-22-10-8-20(3)9-11-22)32-17-24(18-36)34-29(39)26-14-21(4)40-35-26/h8-11,13-14,18-19,24-25,32H,5-7,12,16-17H2,1-4H3,(H,31,37)(H,33,38)(H,34,39)/t24-,25-/m0/s1. The zero-order valence-corrected chi connectivity index (χ0v) is 23.5. The molecule has 2 atom stereocenters. The first-order valence-corrected chi connectivity index (χ1v) is 13.3. The number of nitriles is 1. The summed E-state index contributed by atoms with van der Waals surface area (Å²) >= 11 is 0. The first-order valence-electron chi connectivity index (χ1n) is 13.3. The highest BCUT2D eigenvalue weighted by Gasteiger charge is 2.21. The van der Waals surface area contributed by atoms with Gasteiger partial charge >= 0.3 is 0 Å². The number of carbonyl (C=O) groups is 4. The van der Waals surface area contributed by atoms with E-state index in [0.29, 0.717) is 44.4 Å². The van der Waals surface area contributed by atoms with Crippen molar-refractivity contribution in [3.05, 3.63) is 64.6 Å². The van der Waals surface area contributed by atoms with Gasteiger partial charge in [-0.2, -0.15) is 5.26 Å². The Kier molecular flexibility index (Phi) is 13.3. The highest BCUT2D eigenvalue weighted by molar-refractivity contribution is 5.97. The molecule has 0 saturated heterocycles. The van der Waals surface area contributed by atoms with Gasteiger partial charge in [0, 0.05) is 25.7 Å². The Morgan fingerprint density at radius 1 is 1.10 bits per heavy atom. The van der Waals surface area contributed by atoms with Crippen LogP contribution in [0.5, 0.6) is 0 Å².